The summed E-state index contributed by atoms with van der Waals surface area (Å²) in [4.78, 5) is 12.3. The maximum Gasteiger partial charge on any atom is 0.343 e. The number of carbonyl (C=O) groups is 1. The van der Waals surface area contributed by atoms with E-state index >= 15 is 0 Å². The van der Waals surface area contributed by atoms with Gasteiger partial charge in [-0.2, -0.15) is 0 Å². The van der Waals surface area contributed by atoms with Crippen molar-refractivity contribution >= 4 is 28.3 Å². The van der Waals surface area contributed by atoms with Gasteiger partial charge in [0.2, 0.25) is 0 Å². The SMILES string of the molecule is CCCCCc1ccc(C(=O)Oc2ccc3c(F)c(Cl)ccc3c2)cc1. The normalized spacial score (nSPS) is 10.9. The van der Waals surface area contributed by atoms with Gasteiger partial charge in [-0.3, -0.25) is 0 Å². The second kappa shape index (κ2) is 8.33. The highest BCUT2D eigenvalue weighted by Crippen LogP contribution is 2.28. The number of aryl methyl sites for hydroxylation is 1. The van der Waals surface area contributed by atoms with Crippen molar-refractivity contribution in [2.75, 3.05) is 0 Å². The topological polar surface area (TPSA) is 26.3 Å². The average Bonchev–Trinajstić information content (AvgIpc) is 2.65. The van der Waals surface area contributed by atoms with Crippen LogP contribution in [0.5, 0.6) is 5.75 Å². The monoisotopic (exact) mass is 370 g/mol. The van der Waals surface area contributed by atoms with Crippen LogP contribution in [0.1, 0.15) is 42.1 Å². The molecule has 26 heavy (non-hydrogen) atoms. The van der Waals surface area contributed by atoms with Gasteiger partial charge in [0.1, 0.15) is 11.6 Å². The highest BCUT2D eigenvalue weighted by Gasteiger charge is 2.11. The molecule has 0 aliphatic rings. The summed E-state index contributed by atoms with van der Waals surface area (Å²) in [7, 11) is 0. The summed E-state index contributed by atoms with van der Waals surface area (Å²) in [6.45, 7) is 2.18. The molecule has 0 saturated heterocycles. The van der Waals surface area contributed by atoms with E-state index in [9.17, 15) is 9.18 Å². The predicted octanol–water partition coefficient (Wildman–Crippen LogP) is 6.58. The number of hydrogen-bond donors (Lipinski definition) is 0. The fourth-order valence-corrected chi connectivity index (χ4v) is 3.02. The molecule has 3 aromatic rings. The van der Waals surface area contributed by atoms with Crippen LogP contribution in [0.15, 0.2) is 54.6 Å². The summed E-state index contributed by atoms with van der Waals surface area (Å²) in [6, 6.07) is 15.4. The first-order chi connectivity index (χ1) is 12.6. The van der Waals surface area contributed by atoms with Crippen LogP contribution in [-0.4, -0.2) is 5.97 Å². The zero-order chi connectivity index (χ0) is 18.5. The molecule has 0 amide bonds. The lowest BCUT2D eigenvalue weighted by Gasteiger charge is -2.08. The lowest BCUT2D eigenvalue weighted by Crippen LogP contribution is -2.08. The van der Waals surface area contributed by atoms with Gasteiger partial charge in [-0.1, -0.05) is 49.6 Å². The van der Waals surface area contributed by atoms with Crippen molar-refractivity contribution in [3.05, 3.63) is 76.6 Å². The van der Waals surface area contributed by atoms with E-state index in [4.69, 9.17) is 16.3 Å². The molecule has 0 atom stereocenters. The summed E-state index contributed by atoms with van der Waals surface area (Å²) >= 11 is 5.78. The van der Waals surface area contributed by atoms with Crippen LogP contribution in [0.2, 0.25) is 5.02 Å². The quantitative estimate of drug-likeness (QED) is 0.278. The maximum absolute atomic E-state index is 14.0. The summed E-state index contributed by atoms with van der Waals surface area (Å²) in [5, 5.41) is 1.10. The molecule has 0 aliphatic carbocycles. The van der Waals surface area contributed by atoms with Gasteiger partial charge in [0, 0.05) is 5.39 Å². The first-order valence-electron chi connectivity index (χ1n) is 8.77. The Morgan fingerprint density at radius 2 is 1.81 bits per heavy atom. The molecule has 0 N–H and O–H groups in total. The lowest BCUT2D eigenvalue weighted by molar-refractivity contribution is 0.0735. The smallest absolute Gasteiger partial charge is 0.343 e. The summed E-state index contributed by atoms with van der Waals surface area (Å²) < 4.78 is 19.4. The number of ether oxygens (including phenoxy) is 1. The fraction of sp³-hybridized carbons (Fsp3) is 0.227. The van der Waals surface area contributed by atoms with Crippen molar-refractivity contribution in [3.8, 4) is 5.75 Å². The van der Waals surface area contributed by atoms with Crippen LogP contribution in [-0.2, 0) is 6.42 Å². The van der Waals surface area contributed by atoms with E-state index in [0.717, 1.165) is 12.8 Å². The molecule has 3 aromatic carbocycles. The molecule has 3 rings (SSSR count). The molecule has 0 fully saturated rings. The molecule has 0 heterocycles. The van der Waals surface area contributed by atoms with Crippen LogP contribution in [0, 0.1) is 5.82 Å². The minimum atomic E-state index is -0.472. The van der Waals surface area contributed by atoms with Gasteiger partial charge < -0.3 is 4.74 Å². The molecular formula is C22H20ClFO2. The molecule has 0 aliphatic heterocycles. The van der Waals surface area contributed by atoms with E-state index in [1.807, 2.05) is 12.1 Å². The lowest BCUT2D eigenvalue weighted by atomic mass is 10.1. The van der Waals surface area contributed by atoms with E-state index in [1.54, 1.807) is 36.4 Å². The molecule has 0 saturated carbocycles. The average molecular weight is 371 g/mol. The van der Waals surface area contributed by atoms with Gasteiger partial charge >= 0.3 is 5.97 Å². The Morgan fingerprint density at radius 1 is 1.04 bits per heavy atom. The number of halogens is 2. The number of esters is 1. The van der Waals surface area contributed by atoms with E-state index in [-0.39, 0.29) is 5.02 Å². The van der Waals surface area contributed by atoms with Crippen molar-refractivity contribution in [1.82, 2.24) is 0 Å². The highest BCUT2D eigenvalue weighted by molar-refractivity contribution is 6.31. The largest absolute Gasteiger partial charge is 0.423 e. The van der Waals surface area contributed by atoms with Gasteiger partial charge in [0.05, 0.1) is 10.6 Å². The van der Waals surface area contributed by atoms with Crippen molar-refractivity contribution in [1.29, 1.82) is 0 Å². The number of hydrogen-bond acceptors (Lipinski definition) is 2. The number of rotatable bonds is 6. The summed E-state index contributed by atoms with van der Waals surface area (Å²) in [5.41, 5.74) is 1.71. The van der Waals surface area contributed by atoms with Gasteiger partial charge in [0.25, 0.3) is 0 Å². The highest BCUT2D eigenvalue weighted by atomic mass is 35.5. The Morgan fingerprint density at radius 3 is 2.54 bits per heavy atom. The van der Waals surface area contributed by atoms with Crippen LogP contribution in [0.4, 0.5) is 4.39 Å². The van der Waals surface area contributed by atoms with E-state index in [0.29, 0.717) is 22.1 Å². The molecule has 0 spiro atoms. The zero-order valence-electron chi connectivity index (χ0n) is 14.6. The van der Waals surface area contributed by atoms with Gasteiger partial charge in [-0.05, 0) is 60.2 Å². The summed E-state index contributed by atoms with van der Waals surface area (Å²) in [5.74, 6) is -0.532. The maximum atomic E-state index is 14.0. The van der Waals surface area contributed by atoms with Crippen molar-refractivity contribution < 1.29 is 13.9 Å². The number of unbranched alkanes of at least 4 members (excludes halogenated alkanes) is 2. The van der Waals surface area contributed by atoms with Crippen molar-refractivity contribution in [2.24, 2.45) is 0 Å². The third-order valence-corrected chi connectivity index (χ3v) is 4.64. The molecular weight excluding hydrogens is 351 g/mol. The second-order valence-corrected chi connectivity index (χ2v) is 6.70. The second-order valence-electron chi connectivity index (χ2n) is 6.29. The Kier molecular flexibility index (Phi) is 5.89. The molecule has 0 bridgehead atoms. The zero-order valence-corrected chi connectivity index (χ0v) is 15.4. The third kappa shape index (κ3) is 4.23. The Bertz CT molecular complexity index is 919. The molecule has 134 valence electrons. The van der Waals surface area contributed by atoms with Crippen LogP contribution in [0.25, 0.3) is 10.8 Å². The molecule has 0 aromatic heterocycles. The molecule has 0 unspecified atom stereocenters. The van der Waals surface area contributed by atoms with E-state index < -0.39 is 11.8 Å². The summed E-state index contributed by atoms with van der Waals surface area (Å²) in [6.07, 6.45) is 4.56. The Labute approximate surface area is 157 Å². The first-order valence-corrected chi connectivity index (χ1v) is 9.15. The predicted molar refractivity (Wildman–Crippen MR) is 104 cm³/mol. The minimum absolute atomic E-state index is 0.0706. The van der Waals surface area contributed by atoms with Crippen molar-refractivity contribution in [3.63, 3.8) is 0 Å². The standard InChI is InChI=1S/C22H20ClFO2/c1-2-3-4-5-15-6-8-16(9-7-15)22(25)26-18-11-12-19-17(14-18)10-13-20(23)21(19)24/h6-14H,2-5H2,1H3. The molecule has 2 nitrogen and oxygen atoms in total. The minimum Gasteiger partial charge on any atom is -0.423 e. The van der Waals surface area contributed by atoms with Gasteiger partial charge in [0.15, 0.2) is 0 Å². The van der Waals surface area contributed by atoms with Crippen LogP contribution in [0.3, 0.4) is 0 Å². The Hall–Kier alpha value is -2.39. The number of fused-ring (bicyclic) bond motifs is 1. The fourth-order valence-electron chi connectivity index (χ4n) is 2.86. The van der Waals surface area contributed by atoms with Crippen LogP contribution < -0.4 is 4.74 Å². The number of carbonyl (C=O) groups excluding carboxylic acids is 1. The van der Waals surface area contributed by atoms with Crippen LogP contribution >= 0.6 is 11.6 Å². The first kappa shape index (κ1) is 18.4. The molecule has 4 heteroatoms. The Balaban J connectivity index is 1.71. The van der Waals surface area contributed by atoms with Gasteiger partial charge in [-0.15, -0.1) is 0 Å². The third-order valence-electron chi connectivity index (χ3n) is 4.35. The van der Waals surface area contributed by atoms with E-state index in [1.165, 1.54) is 24.5 Å². The van der Waals surface area contributed by atoms with Gasteiger partial charge in [-0.25, -0.2) is 9.18 Å². The molecule has 0 radical (unpaired) electrons. The number of benzene rings is 3. The van der Waals surface area contributed by atoms with E-state index in [2.05, 4.69) is 6.92 Å². The van der Waals surface area contributed by atoms with Crippen molar-refractivity contribution in [2.45, 2.75) is 32.6 Å².